The van der Waals surface area contributed by atoms with Crippen LogP contribution in [-0.4, -0.2) is 28.6 Å². The molecule has 0 amide bonds. The maximum Gasteiger partial charge on any atom is 0.284 e. The fourth-order valence-corrected chi connectivity index (χ4v) is 3.47. The molecule has 2 rings (SSSR count). The first kappa shape index (κ1) is 14.0. The monoisotopic (exact) mass is 349 g/mol. The molecule has 10 heteroatoms. The lowest BCUT2D eigenvalue weighted by Gasteiger charge is -2.04. The normalized spacial score (nSPS) is 12.1. The zero-order valence-electron chi connectivity index (χ0n) is 10.5. The van der Waals surface area contributed by atoms with Gasteiger partial charge in [-0.1, -0.05) is 24.2 Å². The second kappa shape index (κ2) is 4.93. The lowest BCUT2D eigenvalue weighted by Crippen LogP contribution is -2.16. The van der Waals surface area contributed by atoms with Crippen LogP contribution in [0.4, 0.5) is 5.88 Å². The summed E-state index contributed by atoms with van der Waals surface area (Å²) in [5, 5.41) is 10.9. The van der Waals surface area contributed by atoms with Gasteiger partial charge < -0.3 is 4.52 Å². The summed E-state index contributed by atoms with van der Waals surface area (Å²) in [6.45, 7) is 3.86. The molecule has 0 aliphatic carbocycles. The summed E-state index contributed by atoms with van der Waals surface area (Å²) in [5.41, 5.74) is 0.667. The van der Waals surface area contributed by atoms with Gasteiger partial charge in [-0.3, -0.25) is 0 Å². The maximum atomic E-state index is 12.2. The van der Waals surface area contributed by atoms with Gasteiger partial charge in [-0.2, -0.15) is 8.42 Å². The van der Waals surface area contributed by atoms with E-state index in [1.54, 1.807) is 6.07 Å². The van der Waals surface area contributed by atoms with Crippen LogP contribution in [0.25, 0.3) is 0 Å². The van der Waals surface area contributed by atoms with Gasteiger partial charge in [0.2, 0.25) is 10.9 Å². The highest BCUT2D eigenvalue weighted by atomic mass is 79.9. The minimum absolute atomic E-state index is 0.0526. The van der Waals surface area contributed by atoms with Crippen molar-refractivity contribution >= 4 is 31.8 Å². The Morgan fingerprint density at radius 3 is 2.63 bits per heavy atom. The van der Waals surface area contributed by atoms with E-state index in [0.29, 0.717) is 5.69 Å². The molecule has 0 fully saturated rings. The third kappa shape index (κ3) is 2.78. The first-order chi connectivity index (χ1) is 8.81. The highest BCUT2D eigenvalue weighted by molar-refractivity contribution is 9.10. The molecule has 0 saturated carbocycles. The number of halogens is 1. The van der Waals surface area contributed by atoms with Gasteiger partial charge >= 0.3 is 0 Å². The van der Waals surface area contributed by atoms with Gasteiger partial charge in [-0.25, -0.2) is 9.40 Å². The highest BCUT2D eigenvalue weighted by Gasteiger charge is 2.25. The van der Waals surface area contributed by atoms with Crippen LogP contribution < -0.4 is 4.72 Å². The predicted octanol–water partition coefficient (Wildman–Crippen LogP) is 1.49. The molecule has 0 unspecified atom stereocenters. The zero-order chi connectivity index (χ0) is 14.2. The van der Waals surface area contributed by atoms with E-state index in [-0.39, 0.29) is 21.4 Å². The summed E-state index contributed by atoms with van der Waals surface area (Å²) < 4.78 is 32.8. The number of aromatic nitrogens is 4. The van der Waals surface area contributed by atoms with E-state index in [0.717, 1.165) is 4.68 Å². The molecule has 0 aliphatic heterocycles. The molecule has 19 heavy (non-hydrogen) atoms. The summed E-state index contributed by atoms with van der Waals surface area (Å²) in [5.74, 6) is 0.198. The number of sulfonamides is 1. The largest absolute Gasteiger partial charge is 0.338 e. The summed E-state index contributed by atoms with van der Waals surface area (Å²) in [6.07, 6.45) is 0. The standard InChI is InChI=1S/C9H12BrN5O3S/c1-5(2)6-4-7(18-12-6)13-19(16,17)9-8(10)11-14-15(9)3/h4-5,13H,1-3H3. The second-order valence-corrected chi connectivity index (χ2v) is 6.53. The van der Waals surface area contributed by atoms with E-state index >= 15 is 0 Å². The van der Waals surface area contributed by atoms with E-state index in [2.05, 4.69) is 36.1 Å². The number of aryl methyl sites for hydroxylation is 1. The number of hydrogen-bond acceptors (Lipinski definition) is 6. The van der Waals surface area contributed by atoms with Crippen LogP contribution in [-0.2, 0) is 17.1 Å². The Balaban J connectivity index is 2.31. The van der Waals surface area contributed by atoms with Crippen molar-refractivity contribution in [1.29, 1.82) is 0 Å². The number of hydrogen-bond donors (Lipinski definition) is 1. The van der Waals surface area contributed by atoms with Gasteiger partial charge in [0.1, 0.15) is 0 Å². The Morgan fingerprint density at radius 2 is 2.16 bits per heavy atom. The van der Waals surface area contributed by atoms with E-state index in [9.17, 15) is 8.42 Å². The molecule has 1 N–H and O–H groups in total. The predicted molar refractivity (Wildman–Crippen MR) is 70.1 cm³/mol. The van der Waals surface area contributed by atoms with Gasteiger partial charge in [-0.05, 0) is 21.8 Å². The van der Waals surface area contributed by atoms with E-state index in [1.807, 2.05) is 13.8 Å². The third-order valence-electron chi connectivity index (χ3n) is 2.35. The van der Waals surface area contributed by atoms with E-state index in [4.69, 9.17) is 4.52 Å². The number of rotatable bonds is 4. The summed E-state index contributed by atoms with van der Waals surface area (Å²) in [4.78, 5) is 0. The smallest absolute Gasteiger partial charge is 0.284 e. The average molecular weight is 350 g/mol. The van der Waals surface area contributed by atoms with E-state index in [1.165, 1.54) is 7.05 Å². The molecule has 2 aromatic rings. The molecule has 0 radical (unpaired) electrons. The molecule has 0 aliphatic rings. The Morgan fingerprint density at radius 1 is 1.47 bits per heavy atom. The summed E-state index contributed by atoms with van der Waals surface area (Å²) in [7, 11) is -2.36. The van der Waals surface area contributed by atoms with Gasteiger partial charge in [0.15, 0.2) is 4.60 Å². The quantitative estimate of drug-likeness (QED) is 0.896. The Labute approximate surface area is 118 Å². The number of nitrogens with zero attached hydrogens (tertiary/aromatic N) is 4. The SMILES string of the molecule is CC(C)c1cc(NS(=O)(=O)c2c(Br)nnn2C)on1. The molecular formula is C9H12BrN5O3S. The van der Waals surface area contributed by atoms with Crippen LogP contribution in [0.15, 0.2) is 20.2 Å². The highest BCUT2D eigenvalue weighted by Crippen LogP contribution is 2.23. The van der Waals surface area contributed by atoms with Gasteiger partial charge in [0.05, 0.1) is 5.69 Å². The molecule has 0 spiro atoms. The molecule has 104 valence electrons. The number of nitrogens with one attached hydrogen (secondary N) is 1. The van der Waals surface area contributed by atoms with Crippen molar-refractivity contribution < 1.29 is 12.9 Å². The van der Waals surface area contributed by atoms with Crippen molar-refractivity contribution in [3.8, 4) is 0 Å². The average Bonchev–Trinajstić information content (AvgIpc) is 2.85. The van der Waals surface area contributed by atoms with Gasteiger partial charge in [0.25, 0.3) is 10.0 Å². The van der Waals surface area contributed by atoms with Crippen LogP contribution in [0.1, 0.15) is 25.5 Å². The zero-order valence-corrected chi connectivity index (χ0v) is 12.9. The first-order valence-electron chi connectivity index (χ1n) is 5.36. The second-order valence-electron chi connectivity index (χ2n) is 4.19. The topological polar surface area (TPSA) is 103 Å². The molecule has 0 bridgehead atoms. The van der Waals surface area contributed by atoms with E-state index < -0.39 is 10.0 Å². The fourth-order valence-electron chi connectivity index (χ4n) is 1.40. The van der Waals surface area contributed by atoms with Crippen molar-refractivity contribution in [3.63, 3.8) is 0 Å². The van der Waals surface area contributed by atoms with Crippen molar-refractivity contribution in [2.24, 2.45) is 7.05 Å². The van der Waals surface area contributed by atoms with Crippen LogP contribution in [0, 0.1) is 0 Å². The molecule has 0 atom stereocenters. The van der Waals surface area contributed by atoms with Crippen LogP contribution >= 0.6 is 15.9 Å². The van der Waals surface area contributed by atoms with Gasteiger partial charge in [0, 0.05) is 13.1 Å². The van der Waals surface area contributed by atoms with Crippen LogP contribution in [0.5, 0.6) is 0 Å². The third-order valence-corrected chi connectivity index (χ3v) is 4.58. The van der Waals surface area contributed by atoms with Crippen LogP contribution in [0.2, 0.25) is 0 Å². The Kier molecular flexibility index (Phi) is 3.63. The Bertz CT molecular complexity index is 671. The molecule has 2 aromatic heterocycles. The van der Waals surface area contributed by atoms with Crippen LogP contribution in [0.3, 0.4) is 0 Å². The fraction of sp³-hybridized carbons (Fsp3) is 0.444. The molecule has 8 nitrogen and oxygen atoms in total. The van der Waals surface area contributed by atoms with Crippen molar-refractivity contribution in [2.75, 3.05) is 4.72 Å². The van der Waals surface area contributed by atoms with Crippen molar-refractivity contribution in [3.05, 3.63) is 16.4 Å². The molecule has 2 heterocycles. The molecule has 0 saturated heterocycles. The lowest BCUT2D eigenvalue weighted by atomic mass is 10.1. The molecular weight excluding hydrogens is 338 g/mol. The minimum atomic E-state index is -3.84. The summed E-state index contributed by atoms with van der Waals surface area (Å²) >= 11 is 3.03. The maximum absolute atomic E-state index is 12.2. The Hall–Kier alpha value is -1.42. The minimum Gasteiger partial charge on any atom is -0.338 e. The lowest BCUT2D eigenvalue weighted by molar-refractivity contribution is 0.423. The first-order valence-corrected chi connectivity index (χ1v) is 7.63. The van der Waals surface area contributed by atoms with Crippen molar-refractivity contribution in [1.82, 2.24) is 20.2 Å². The molecule has 0 aromatic carbocycles. The number of anilines is 1. The van der Waals surface area contributed by atoms with Crippen molar-refractivity contribution in [2.45, 2.75) is 24.8 Å². The summed E-state index contributed by atoms with van der Waals surface area (Å²) in [6, 6.07) is 1.54. The van der Waals surface area contributed by atoms with Gasteiger partial charge in [-0.15, -0.1) is 5.10 Å².